The van der Waals surface area contributed by atoms with Gasteiger partial charge in [-0.3, -0.25) is 0 Å². The predicted octanol–water partition coefficient (Wildman–Crippen LogP) is 4.88. The van der Waals surface area contributed by atoms with Crippen LogP contribution in [0.4, 0.5) is 0 Å². The molecule has 0 N–H and O–H groups in total. The Balaban J connectivity index is 2.28. The summed E-state index contributed by atoms with van der Waals surface area (Å²) in [7, 11) is 3.26. The molecule has 0 fully saturated rings. The Kier molecular flexibility index (Phi) is 5.16. The summed E-state index contributed by atoms with van der Waals surface area (Å²) in [6, 6.07) is 13.3. The van der Waals surface area contributed by atoms with Crippen LogP contribution in [0.5, 0.6) is 11.5 Å². The maximum atomic E-state index is 6.56. The fourth-order valence-corrected chi connectivity index (χ4v) is 2.64. The zero-order valence-electron chi connectivity index (χ0n) is 11.4. The highest BCUT2D eigenvalue weighted by atomic mass is 35.5. The molecule has 2 nitrogen and oxygen atoms in total. The minimum atomic E-state index is -0.234. The first-order valence-electron chi connectivity index (χ1n) is 6.25. The molecule has 0 heterocycles. The summed E-state index contributed by atoms with van der Waals surface area (Å²) in [6.07, 6.45) is 0.676. The normalized spacial score (nSPS) is 12.0. The second-order valence-electron chi connectivity index (χ2n) is 4.37. The summed E-state index contributed by atoms with van der Waals surface area (Å²) in [5.41, 5.74) is 1.98. The Hall–Kier alpha value is -1.38. The third-order valence-corrected chi connectivity index (χ3v) is 3.73. The van der Waals surface area contributed by atoms with Crippen molar-refractivity contribution in [3.63, 3.8) is 0 Å². The monoisotopic (exact) mass is 310 g/mol. The van der Waals surface area contributed by atoms with E-state index in [9.17, 15) is 0 Å². The summed E-state index contributed by atoms with van der Waals surface area (Å²) in [5.74, 6) is 1.47. The minimum absolute atomic E-state index is 0.234. The number of hydrogen-bond donors (Lipinski definition) is 0. The van der Waals surface area contributed by atoms with Crippen LogP contribution in [0.15, 0.2) is 42.5 Å². The zero-order chi connectivity index (χ0) is 14.5. The Morgan fingerprint density at radius 1 is 0.950 bits per heavy atom. The van der Waals surface area contributed by atoms with Gasteiger partial charge < -0.3 is 9.47 Å². The Labute approximate surface area is 129 Å². The van der Waals surface area contributed by atoms with Gasteiger partial charge in [-0.25, -0.2) is 0 Å². The van der Waals surface area contributed by atoms with Crippen molar-refractivity contribution in [1.29, 1.82) is 0 Å². The van der Waals surface area contributed by atoms with Gasteiger partial charge in [0.15, 0.2) is 0 Å². The van der Waals surface area contributed by atoms with Crippen LogP contribution in [0.3, 0.4) is 0 Å². The highest BCUT2D eigenvalue weighted by Gasteiger charge is 2.19. The van der Waals surface area contributed by atoms with Gasteiger partial charge in [0, 0.05) is 5.02 Å². The van der Waals surface area contributed by atoms with Gasteiger partial charge in [-0.1, -0.05) is 29.8 Å². The van der Waals surface area contributed by atoms with Crippen molar-refractivity contribution < 1.29 is 9.47 Å². The van der Waals surface area contributed by atoms with Gasteiger partial charge >= 0.3 is 0 Å². The van der Waals surface area contributed by atoms with Crippen molar-refractivity contribution in [3.05, 3.63) is 58.6 Å². The molecule has 0 aromatic heterocycles. The summed E-state index contributed by atoms with van der Waals surface area (Å²) in [4.78, 5) is 0. The second kappa shape index (κ2) is 6.87. The minimum Gasteiger partial charge on any atom is -0.496 e. The van der Waals surface area contributed by atoms with Crippen LogP contribution in [0.25, 0.3) is 0 Å². The Bertz CT molecular complexity index is 545. The van der Waals surface area contributed by atoms with Crippen molar-refractivity contribution in [1.82, 2.24) is 0 Å². The number of benzene rings is 2. The maximum Gasteiger partial charge on any atom is 0.127 e. The van der Waals surface area contributed by atoms with Gasteiger partial charge in [0.2, 0.25) is 0 Å². The van der Waals surface area contributed by atoms with Gasteiger partial charge in [0.05, 0.1) is 25.2 Å². The molecule has 0 amide bonds. The number of halogens is 2. The van der Waals surface area contributed by atoms with E-state index in [1.54, 1.807) is 14.2 Å². The molecule has 0 aliphatic heterocycles. The molecule has 2 aromatic carbocycles. The zero-order valence-corrected chi connectivity index (χ0v) is 12.9. The number of ether oxygens (including phenoxy) is 2. The topological polar surface area (TPSA) is 18.5 Å². The van der Waals surface area contributed by atoms with E-state index in [2.05, 4.69) is 0 Å². The molecule has 2 aromatic rings. The molecular weight excluding hydrogens is 295 g/mol. The summed E-state index contributed by atoms with van der Waals surface area (Å²) in [6.45, 7) is 0. The lowest BCUT2D eigenvalue weighted by molar-refractivity contribution is 0.384. The van der Waals surface area contributed by atoms with Crippen LogP contribution < -0.4 is 9.47 Å². The smallest absolute Gasteiger partial charge is 0.127 e. The lowest BCUT2D eigenvalue weighted by Gasteiger charge is -2.17. The van der Waals surface area contributed by atoms with Gasteiger partial charge in [0.1, 0.15) is 11.5 Å². The molecule has 2 rings (SSSR count). The molecule has 0 spiro atoms. The first-order valence-corrected chi connectivity index (χ1v) is 7.06. The van der Waals surface area contributed by atoms with E-state index >= 15 is 0 Å². The highest BCUT2D eigenvalue weighted by Crippen LogP contribution is 2.39. The summed E-state index contributed by atoms with van der Waals surface area (Å²) < 4.78 is 10.8. The average molecular weight is 311 g/mol. The summed E-state index contributed by atoms with van der Waals surface area (Å²) >= 11 is 12.4. The van der Waals surface area contributed by atoms with E-state index in [4.69, 9.17) is 32.7 Å². The number of methoxy groups -OCH3 is 2. The SMILES string of the molecule is COc1cccc(OC)c1C(Cl)Cc1ccc(Cl)cc1. The lowest BCUT2D eigenvalue weighted by atomic mass is 10.0. The first kappa shape index (κ1) is 15.0. The number of hydrogen-bond acceptors (Lipinski definition) is 2. The van der Waals surface area contributed by atoms with E-state index in [-0.39, 0.29) is 5.38 Å². The van der Waals surface area contributed by atoms with Crippen LogP contribution in [0, 0.1) is 0 Å². The van der Waals surface area contributed by atoms with Crippen molar-refractivity contribution >= 4 is 23.2 Å². The Morgan fingerprint density at radius 3 is 2.00 bits per heavy atom. The van der Waals surface area contributed by atoms with Crippen LogP contribution in [0.2, 0.25) is 5.02 Å². The van der Waals surface area contributed by atoms with Crippen LogP contribution in [0.1, 0.15) is 16.5 Å². The molecule has 106 valence electrons. The highest BCUT2D eigenvalue weighted by molar-refractivity contribution is 6.30. The molecule has 20 heavy (non-hydrogen) atoms. The van der Waals surface area contributed by atoms with E-state index in [0.717, 1.165) is 27.6 Å². The Morgan fingerprint density at radius 2 is 1.50 bits per heavy atom. The van der Waals surface area contributed by atoms with Crippen molar-refractivity contribution in [3.8, 4) is 11.5 Å². The van der Waals surface area contributed by atoms with E-state index < -0.39 is 0 Å². The molecule has 1 atom stereocenters. The van der Waals surface area contributed by atoms with Crippen LogP contribution >= 0.6 is 23.2 Å². The molecule has 4 heteroatoms. The molecule has 1 unspecified atom stereocenters. The third-order valence-electron chi connectivity index (χ3n) is 3.11. The number of alkyl halides is 1. The molecule has 0 saturated heterocycles. The number of rotatable bonds is 5. The second-order valence-corrected chi connectivity index (χ2v) is 5.34. The van der Waals surface area contributed by atoms with Crippen molar-refractivity contribution in [2.45, 2.75) is 11.8 Å². The molecule has 0 radical (unpaired) electrons. The fourth-order valence-electron chi connectivity index (χ4n) is 2.12. The summed E-state index contributed by atoms with van der Waals surface area (Å²) in [5, 5.41) is 0.483. The van der Waals surface area contributed by atoms with E-state index in [1.165, 1.54) is 0 Å². The maximum absolute atomic E-state index is 6.56. The quantitative estimate of drug-likeness (QED) is 0.733. The molecular formula is C16H16Cl2O2. The predicted molar refractivity (Wildman–Crippen MR) is 83.3 cm³/mol. The van der Waals surface area contributed by atoms with Crippen molar-refractivity contribution in [2.24, 2.45) is 0 Å². The van der Waals surface area contributed by atoms with E-state index in [1.807, 2.05) is 42.5 Å². The fraction of sp³-hybridized carbons (Fsp3) is 0.250. The third kappa shape index (κ3) is 3.38. The van der Waals surface area contributed by atoms with Gasteiger partial charge in [-0.05, 0) is 36.2 Å². The van der Waals surface area contributed by atoms with E-state index in [0.29, 0.717) is 6.42 Å². The standard InChI is InChI=1S/C16H16Cl2O2/c1-19-14-4-3-5-15(20-2)16(14)13(18)10-11-6-8-12(17)9-7-11/h3-9,13H,10H2,1-2H3. The van der Waals surface area contributed by atoms with Crippen molar-refractivity contribution in [2.75, 3.05) is 14.2 Å². The van der Waals surface area contributed by atoms with Gasteiger partial charge in [-0.2, -0.15) is 0 Å². The average Bonchev–Trinajstić information content (AvgIpc) is 2.48. The molecule has 0 bridgehead atoms. The lowest BCUT2D eigenvalue weighted by Crippen LogP contribution is -2.02. The van der Waals surface area contributed by atoms with Gasteiger partial charge in [0.25, 0.3) is 0 Å². The van der Waals surface area contributed by atoms with Crippen LogP contribution in [-0.2, 0) is 6.42 Å². The molecule has 0 aliphatic carbocycles. The van der Waals surface area contributed by atoms with Crippen LogP contribution in [-0.4, -0.2) is 14.2 Å². The van der Waals surface area contributed by atoms with Gasteiger partial charge in [-0.15, -0.1) is 11.6 Å². The molecule has 0 saturated carbocycles. The largest absolute Gasteiger partial charge is 0.496 e. The first-order chi connectivity index (χ1) is 9.65. The molecule has 0 aliphatic rings.